The second kappa shape index (κ2) is 3.90. The summed E-state index contributed by atoms with van der Waals surface area (Å²) in [6, 6.07) is 0.501. The van der Waals surface area contributed by atoms with Gasteiger partial charge < -0.3 is 11.1 Å². The molecule has 0 saturated heterocycles. The summed E-state index contributed by atoms with van der Waals surface area (Å²) in [6.07, 6.45) is 10.6. The molecule has 0 radical (unpaired) electrons. The summed E-state index contributed by atoms with van der Waals surface area (Å²) in [5.41, 5.74) is 7.39. The lowest BCUT2D eigenvalue weighted by molar-refractivity contribution is -0.0602. The van der Waals surface area contributed by atoms with Crippen LogP contribution in [0.15, 0.2) is 6.20 Å². The van der Waals surface area contributed by atoms with E-state index in [1.165, 1.54) is 38.5 Å². The van der Waals surface area contributed by atoms with Crippen LogP contribution in [-0.4, -0.2) is 16.2 Å². The second-order valence-corrected chi connectivity index (χ2v) is 7.34. The number of hydrogen-bond donors (Lipinski definition) is 3. The number of aromatic nitrogens is 2. The first-order valence-corrected chi connectivity index (χ1v) is 7.70. The Hall–Kier alpha value is -1.19. The van der Waals surface area contributed by atoms with Gasteiger partial charge in [0.1, 0.15) is 5.82 Å². The smallest absolute Gasteiger partial charge is 0.142 e. The molecule has 4 aliphatic rings. The summed E-state index contributed by atoms with van der Waals surface area (Å²) in [5, 5.41) is 10.5. The first-order valence-electron chi connectivity index (χ1n) is 7.70. The van der Waals surface area contributed by atoms with Crippen molar-refractivity contribution in [2.45, 2.75) is 51.5 Å². The lowest BCUT2D eigenvalue weighted by Crippen LogP contribution is -2.52. The third-order valence-electron chi connectivity index (χ3n) is 6.04. The van der Waals surface area contributed by atoms with Crippen LogP contribution in [0.5, 0.6) is 0 Å². The fraction of sp³-hybridized carbons (Fsp3) is 0.800. The van der Waals surface area contributed by atoms with Gasteiger partial charge >= 0.3 is 0 Å². The van der Waals surface area contributed by atoms with Gasteiger partial charge in [0, 0.05) is 6.04 Å². The fourth-order valence-corrected chi connectivity index (χ4v) is 5.51. The number of nitrogens with two attached hydrogens (primary N) is 1. The van der Waals surface area contributed by atoms with E-state index in [9.17, 15) is 0 Å². The summed E-state index contributed by atoms with van der Waals surface area (Å²) >= 11 is 0. The Morgan fingerprint density at radius 2 is 1.84 bits per heavy atom. The van der Waals surface area contributed by atoms with E-state index in [-0.39, 0.29) is 0 Å². The summed E-state index contributed by atoms with van der Waals surface area (Å²) < 4.78 is 0. The van der Waals surface area contributed by atoms with Crippen LogP contribution in [-0.2, 0) is 0 Å². The van der Waals surface area contributed by atoms with E-state index in [1.54, 1.807) is 0 Å². The van der Waals surface area contributed by atoms with Crippen molar-refractivity contribution in [2.75, 3.05) is 11.1 Å². The van der Waals surface area contributed by atoms with Gasteiger partial charge in [0.15, 0.2) is 0 Å². The van der Waals surface area contributed by atoms with Crippen LogP contribution >= 0.6 is 0 Å². The number of hydrogen-bond acceptors (Lipinski definition) is 3. The van der Waals surface area contributed by atoms with Crippen LogP contribution < -0.4 is 11.1 Å². The summed E-state index contributed by atoms with van der Waals surface area (Å²) in [4.78, 5) is 0. The molecule has 4 aliphatic carbocycles. The zero-order valence-corrected chi connectivity index (χ0v) is 11.7. The highest BCUT2D eigenvalue weighted by Crippen LogP contribution is 2.61. The van der Waals surface area contributed by atoms with Crippen molar-refractivity contribution in [3.8, 4) is 0 Å². The van der Waals surface area contributed by atoms with Crippen LogP contribution in [0.4, 0.5) is 11.5 Å². The van der Waals surface area contributed by atoms with Crippen molar-refractivity contribution in [3.63, 3.8) is 0 Å². The van der Waals surface area contributed by atoms with Gasteiger partial charge in [-0.15, -0.1) is 0 Å². The Bertz CT molecular complexity index is 443. The highest BCUT2D eigenvalue weighted by molar-refractivity contribution is 5.60. The molecule has 19 heavy (non-hydrogen) atoms. The zero-order valence-electron chi connectivity index (χ0n) is 11.7. The highest BCUT2D eigenvalue weighted by Gasteiger charge is 2.53. The molecule has 4 fully saturated rings. The molecule has 4 heteroatoms. The summed E-state index contributed by atoms with van der Waals surface area (Å²) in [7, 11) is 0. The number of nitrogen functional groups attached to an aromatic ring is 1. The third-order valence-corrected chi connectivity index (χ3v) is 6.04. The maximum Gasteiger partial charge on any atom is 0.142 e. The average Bonchev–Trinajstić information content (AvgIpc) is 2.73. The monoisotopic (exact) mass is 260 g/mol. The van der Waals surface area contributed by atoms with E-state index in [4.69, 9.17) is 5.73 Å². The predicted molar refractivity (Wildman–Crippen MR) is 76.7 cm³/mol. The molecule has 1 heterocycles. The lowest BCUT2D eigenvalue weighted by atomic mass is 9.48. The molecule has 4 saturated carbocycles. The molecule has 5 rings (SSSR count). The Balaban J connectivity index is 1.56. The van der Waals surface area contributed by atoms with Crippen LogP contribution in [0.25, 0.3) is 0 Å². The van der Waals surface area contributed by atoms with Crippen molar-refractivity contribution in [1.82, 2.24) is 10.2 Å². The molecule has 0 aromatic carbocycles. The first kappa shape index (κ1) is 11.6. The van der Waals surface area contributed by atoms with Crippen molar-refractivity contribution in [2.24, 2.45) is 23.2 Å². The van der Waals surface area contributed by atoms with Crippen molar-refractivity contribution in [1.29, 1.82) is 0 Å². The van der Waals surface area contributed by atoms with E-state index in [1.807, 2.05) is 6.20 Å². The zero-order chi connectivity index (χ0) is 13.0. The number of H-pyrrole nitrogens is 1. The number of nitrogens with one attached hydrogen (secondary N) is 2. The molecular formula is C15H24N4. The minimum atomic E-state index is 0.501. The molecule has 4 bridgehead atoms. The number of aromatic amines is 1. The van der Waals surface area contributed by atoms with E-state index in [2.05, 4.69) is 22.4 Å². The van der Waals surface area contributed by atoms with Gasteiger partial charge in [-0.05, 0) is 68.6 Å². The molecule has 1 atom stereocenters. The molecule has 4 N–H and O–H groups in total. The van der Waals surface area contributed by atoms with Gasteiger partial charge in [-0.2, -0.15) is 5.10 Å². The van der Waals surface area contributed by atoms with E-state index in [0.717, 1.165) is 23.4 Å². The summed E-state index contributed by atoms with van der Waals surface area (Å²) in [6.45, 7) is 2.35. The summed E-state index contributed by atoms with van der Waals surface area (Å²) in [5.74, 6) is 3.66. The Kier molecular flexibility index (Phi) is 2.39. The second-order valence-electron chi connectivity index (χ2n) is 7.34. The topological polar surface area (TPSA) is 66.7 Å². The van der Waals surface area contributed by atoms with Gasteiger partial charge in [0.2, 0.25) is 0 Å². The standard InChI is InChI=1S/C15H24N4/c1-9(18-13-8-17-19-14(13)16)15-5-10-2-11(6-15)4-12(3-10)7-15/h8-12,18H,2-7H2,1H3,(H3,16,17,19). The molecule has 1 unspecified atom stereocenters. The van der Waals surface area contributed by atoms with Crippen molar-refractivity contribution < 1.29 is 0 Å². The maximum atomic E-state index is 5.90. The fourth-order valence-electron chi connectivity index (χ4n) is 5.51. The minimum Gasteiger partial charge on any atom is -0.382 e. The third kappa shape index (κ3) is 1.76. The molecule has 0 spiro atoms. The molecule has 0 amide bonds. The van der Waals surface area contributed by atoms with E-state index in [0.29, 0.717) is 17.3 Å². The van der Waals surface area contributed by atoms with Gasteiger partial charge in [-0.3, -0.25) is 5.10 Å². The van der Waals surface area contributed by atoms with E-state index < -0.39 is 0 Å². The lowest BCUT2D eigenvalue weighted by Gasteiger charge is -2.59. The Morgan fingerprint density at radius 3 is 2.32 bits per heavy atom. The van der Waals surface area contributed by atoms with Crippen LogP contribution in [0.1, 0.15) is 45.4 Å². The first-order chi connectivity index (χ1) is 9.14. The normalized spacial score (nSPS) is 41.4. The largest absolute Gasteiger partial charge is 0.382 e. The number of nitrogens with zero attached hydrogens (tertiary/aromatic N) is 1. The molecule has 1 aromatic rings. The quantitative estimate of drug-likeness (QED) is 0.782. The molecule has 4 nitrogen and oxygen atoms in total. The average molecular weight is 260 g/mol. The number of anilines is 2. The van der Waals surface area contributed by atoms with Crippen LogP contribution in [0.3, 0.4) is 0 Å². The molecule has 1 aromatic heterocycles. The van der Waals surface area contributed by atoms with Crippen molar-refractivity contribution >= 4 is 11.5 Å². The van der Waals surface area contributed by atoms with Gasteiger partial charge in [-0.25, -0.2) is 0 Å². The number of rotatable bonds is 3. The molecule has 104 valence electrons. The van der Waals surface area contributed by atoms with Crippen LogP contribution in [0, 0.1) is 23.2 Å². The molecule has 0 aliphatic heterocycles. The van der Waals surface area contributed by atoms with Crippen LogP contribution in [0.2, 0.25) is 0 Å². The van der Waals surface area contributed by atoms with Gasteiger partial charge in [0.25, 0.3) is 0 Å². The minimum absolute atomic E-state index is 0.501. The van der Waals surface area contributed by atoms with E-state index >= 15 is 0 Å². The SMILES string of the molecule is CC(Nc1cn[nH]c1N)C12CC3CC(CC(C3)C1)C2. The predicted octanol–water partition coefficient (Wildman–Crippen LogP) is 3.01. The van der Waals surface area contributed by atoms with Crippen molar-refractivity contribution in [3.05, 3.63) is 6.20 Å². The Labute approximate surface area is 114 Å². The van der Waals surface area contributed by atoms with Gasteiger partial charge in [-0.1, -0.05) is 0 Å². The highest BCUT2D eigenvalue weighted by atomic mass is 15.2. The van der Waals surface area contributed by atoms with Gasteiger partial charge in [0.05, 0.1) is 11.9 Å². The molecular weight excluding hydrogens is 236 g/mol. The maximum absolute atomic E-state index is 5.90. The Morgan fingerprint density at radius 1 is 1.26 bits per heavy atom.